The molecular weight excluding hydrogens is 492 g/mol. The molecule has 0 amide bonds. The summed E-state index contributed by atoms with van der Waals surface area (Å²) in [6.45, 7) is 0. The molecular formula is C28H14N2O4S2. The van der Waals surface area contributed by atoms with Gasteiger partial charge in [-0.2, -0.15) is 0 Å². The summed E-state index contributed by atoms with van der Waals surface area (Å²) >= 11 is 2.91. The zero-order valence-corrected chi connectivity index (χ0v) is 20.0. The van der Waals surface area contributed by atoms with E-state index in [0.717, 1.165) is 9.75 Å². The monoisotopic (exact) mass is 506 g/mol. The number of rotatable bonds is 2. The molecule has 6 aromatic heterocycles. The zero-order valence-electron chi connectivity index (χ0n) is 18.4. The van der Waals surface area contributed by atoms with Crippen molar-refractivity contribution in [3.8, 4) is 32.4 Å². The molecule has 2 aromatic carbocycles. The minimum Gasteiger partial charge on any atom is -0.508 e. The summed E-state index contributed by atoms with van der Waals surface area (Å²) in [6, 6.07) is 17.4. The Morgan fingerprint density at radius 3 is 1.44 bits per heavy atom. The summed E-state index contributed by atoms with van der Waals surface area (Å²) < 4.78 is 3.35. The summed E-state index contributed by atoms with van der Waals surface area (Å²) in [5, 5.41) is 27.2. The van der Waals surface area contributed by atoms with Crippen LogP contribution in [0, 0.1) is 0 Å². The summed E-state index contributed by atoms with van der Waals surface area (Å²) in [6.07, 6.45) is 0. The molecule has 0 aliphatic rings. The third-order valence-corrected chi connectivity index (χ3v) is 8.77. The Hall–Kier alpha value is -4.40. The van der Waals surface area contributed by atoms with Crippen LogP contribution in [0.5, 0.6) is 11.5 Å². The molecule has 0 fully saturated rings. The fraction of sp³-hybridized carbons (Fsp3) is 0. The number of phenols is 2. The third kappa shape index (κ3) is 2.26. The average molecular weight is 507 g/mol. The average Bonchev–Trinajstić information content (AvgIpc) is 3.65. The van der Waals surface area contributed by atoms with Crippen molar-refractivity contribution in [2.45, 2.75) is 0 Å². The first kappa shape index (κ1) is 19.9. The summed E-state index contributed by atoms with van der Waals surface area (Å²) in [7, 11) is 0. The number of aromatic hydroxyl groups is 2. The van der Waals surface area contributed by atoms with Gasteiger partial charge in [0.05, 0.1) is 33.2 Å². The maximum atomic E-state index is 14.3. The van der Waals surface area contributed by atoms with Crippen molar-refractivity contribution in [2.24, 2.45) is 0 Å². The van der Waals surface area contributed by atoms with Crippen LogP contribution < -0.4 is 11.1 Å². The van der Waals surface area contributed by atoms with E-state index in [0.29, 0.717) is 54.7 Å². The quantitative estimate of drug-likeness (QED) is 0.296. The number of benzene rings is 2. The number of hydrogen-bond acceptors (Lipinski definition) is 6. The Kier molecular flexibility index (Phi) is 3.66. The smallest absolute Gasteiger partial charge is 0.265 e. The van der Waals surface area contributed by atoms with Crippen molar-refractivity contribution in [3.63, 3.8) is 0 Å². The van der Waals surface area contributed by atoms with E-state index in [4.69, 9.17) is 0 Å². The Balaban J connectivity index is 1.83. The molecule has 6 nitrogen and oxygen atoms in total. The van der Waals surface area contributed by atoms with Crippen LogP contribution in [0.1, 0.15) is 0 Å². The molecule has 0 radical (unpaired) electrons. The van der Waals surface area contributed by atoms with E-state index >= 15 is 0 Å². The van der Waals surface area contributed by atoms with Gasteiger partial charge in [0.15, 0.2) is 0 Å². The molecule has 6 heterocycles. The van der Waals surface area contributed by atoms with Crippen molar-refractivity contribution in [2.75, 3.05) is 0 Å². The topological polar surface area (TPSA) is 83.4 Å². The van der Waals surface area contributed by atoms with E-state index in [9.17, 15) is 19.8 Å². The lowest BCUT2D eigenvalue weighted by molar-refractivity contribution is 0.475. The van der Waals surface area contributed by atoms with E-state index in [2.05, 4.69) is 0 Å². The van der Waals surface area contributed by atoms with Crippen LogP contribution in [0.4, 0.5) is 0 Å². The highest BCUT2D eigenvalue weighted by molar-refractivity contribution is 7.14. The molecule has 2 N–H and O–H groups in total. The lowest BCUT2D eigenvalue weighted by Gasteiger charge is -2.10. The predicted molar refractivity (Wildman–Crippen MR) is 146 cm³/mol. The second-order valence-electron chi connectivity index (χ2n) is 8.84. The number of hydrogen-bond donors (Lipinski definition) is 2. The molecule has 8 heteroatoms. The van der Waals surface area contributed by atoms with Crippen molar-refractivity contribution in [3.05, 3.63) is 92.1 Å². The first-order valence-electron chi connectivity index (χ1n) is 11.2. The van der Waals surface area contributed by atoms with Gasteiger partial charge in [-0.1, -0.05) is 12.1 Å². The Labute approximate surface area is 209 Å². The molecule has 0 spiro atoms. The van der Waals surface area contributed by atoms with Crippen LogP contribution in [0.15, 0.2) is 81.0 Å². The summed E-state index contributed by atoms with van der Waals surface area (Å²) in [5.74, 6) is 0.122. The van der Waals surface area contributed by atoms with Crippen molar-refractivity contribution in [1.82, 2.24) is 8.80 Å². The predicted octanol–water partition coefficient (Wildman–Crippen LogP) is 6.12. The van der Waals surface area contributed by atoms with Crippen LogP contribution in [0.3, 0.4) is 0 Å². The second kappa shape index (κ2) is 6.63. The second-order valence-corrected chi connectivity index (χ2v) is 10.7. The fourth-order valence-corrected chi connectivity index (χ4v) is 7.21. The van der Waals surface area contributed by atoms with Gasteiger partial charge in [0.25, 0.3) is 11.1 Å². The van der Waals surface area contributed by atoms with Gasteiger partial charge in [-0.3, -0.25) is 18.4 Å². The molecule has 172 valence electrons. The van der Waals surface area contributed by atoms with Gasteiger partial charge in [-0.25, -0.2) is 0 Å². The summed E-state index contributed by atoms with van der Waals surface area (Å²) in [4.78, 5) is 30.2. The largest absolute Gasteiger partial charge is 0.508 e. The molecule has 8 aromatic rings. The number of fused-ring (bicyclic) bond motifs is 6. The summed E-state index contributed by atoms with van der Waals surface area (Å²) in [5.41, 5.74) is 3.10. The van der Waals surface area contributed by atoms with E-state index in [1.54, 1.807) is 45.2 Å². The van der Waals surface area contributed by atoms with Crippen LogP contribution in [0.25, 0.3) is 64.5 Å². The minimum absolute atomic E-state index is 0.0610. The minimum atomic E-state index is -0.204. The highest BCUT2D eigenvalue weighted by Gasteiger charge is 2.30. The van der Waals surface area contributed by atoms with Crippen LogP contribution >= 0.6 is 22.7 Å². The molecule has 0 unspecified atom stereocenters. The molecule has 0 aliphatic carbocycles. The molecule has 0 saturated carbocycles. The highest BCUT2D eigenvalue weighted by Crippen LogP contribution is 2.45. The fourth-order valence-electron chi connectivity index (χ4n) is 5.67. The maximum Gasteiger partial charge on any atom is 0.265 e. The van der Waals surface area contributed by atoms with Gasteiger partial charge < -0.3 is 10.2 Å². The molecule has 0 aliphatic heterocycles. The zero-order chi connectivity index (χ0) is 24.3. The van der Waals surface area contributed by atoms with Crippen molar-refractivity contribution >= 4 is 66.3 Å². The van der Waals surface area contributed by atoms with Crippen LogP contribution in [-0.2, 0) is 0 Å². The van der Waals surface area contributed by atoms with E-state index in [1.165, 1.54) is 22.7 Å². The Morgan fingerprint density at radius 2 is 1.06 bits per heavy atom. The SMILES string of the molecule is O=c1c(-c2cccs2)c2c3cc(O)ccc3n3c(=O)c(-c4cccs4)c4c5cc(O)ccc5n1c4c23. The lowest BCUT2D eigenvalue weighted by atomic mass is 10.0. The van der Waals surface area contributed by atoms with Gasteiger partial charge in [-0.15, -0.1) is 22.7 Å². The molecule has 0 atom stereocenters. The first-order chi connectivity index (χ1) is 17.5. The highest BCUT2D eigenvalue weighted by atomic mass is 32.1. The first-order valence-corrected chi connectivity index (χ1v) is 13.0. The van der Waals surface area contributed by atoms with Crippen molar-refractivity contribution in [1.29, 1.82) is 0 Å². The molecule has 0 bridgehead atoms. The van der Waals surface area contributed by atoms with Crippen LogP contribution in [-0.4, -0.2) is 19.0 Å². The standard InChI is InChI=1S/C28H14N2O4S2/c31-13-5-7-17-15(11-13)21-23(19-3-1-9-35-19)27(33)29-18-8-6-14(32)12-16(18)22-24(20-4-2-10-36-20)28(34)30(17)25(21)26(22)29/h1-12,31-32H. The van der Waals surface area contributed by atoms with Crippen molar-refractivity contribution < 1.29 is 10.2 Å². The lowest BCUT2D eigenvalue weighted by Crippen LogP contribution is -2.19. The van der Waals surface area contributed by atoms with Gasteiger partial charge in [0.2, 0.25) is 0 Å². The number of nitrogens with zero attached hydrogens (tertiary/aromatic N) is 2. The Morgan fingerprint density at radius 1 is 0.611 bits per heavy atom. The van der Waals surface area contributed by atoms with E-state index in [-0.39, 0.29) is 22.6 Å². The number of pyridine rings is 2. The maximum absolute atomic E-state index is 14.3. The number of phenolic OH excluding ortho intramolecular Hbond substituents is 2. The van der Waals surface area contributed by atoms with E-state index < -0.39 is 0 Å². The normalized spacial score (nSPS) is 12.3. The van der Waals surface area contributed by atoms with E-state index in [1.807, 2.05) is 35.0 Å². The third-order valence-electron chi connectivity index (χ3n) is 6.99. The molecule has 36 heavy (non-hydrogen) atoms. The number of aromatic nitrogens is 2. The van der Waals surface area contributed by atoms with Gasteiger partial charge in [-0.05, 0) is 59.3 Å². The Bertz CT molecular complexity index is 2100. The van der Waals surface area contributed by atoms with Crippen LogP contribution in [0.2, 0.25) is 0 Å². The number of thiophene rings is 2. The van der Waals surface area contributed by atoms with Gasteiger partial charge in [0, 0.05) is 31.3 Å². The molecule has 0 saturated heterocycles. The molecule has 8 rings (SSSR count). The van der Waals surface area contributed by atoms with Gasteiger partial charge in [0.1, 0.15) is 11.5 Å². The van der Waals surface area contributed by atoms with Gasteiger partial charge >= 0.3 is 0 Å².